The van der Waals surface area contributed by atoms with Crippen LogP contribution in [0.1, 0.15) is 73.9 Å². The van der Waals surface area contributed by atoms with Crippen LogP contribution in [0.4, 0.5) is 0 Å². The quantitative estimate of drug-likeness (QED) is 0.166. The first kappa shape index (κ1) is 41.0. The minimum Gasteiger partial charge on any atom is -0.0843 e. The van der Waals surface area contributed by atoms with Crippen molar-refractivity contribution in [1.82, 2.24) is 0 Å². The van der Waals surface area contributed by atoms with Gasteiger partial charge in [0.05, 0.1) is 0 Å². The van der Waals surface area contributed by atoms with Gasteiger partial charge in [-0.2, -0.15) is 0 Å². The van der Waals surface area contributed by atoms with E-state index in [1.807, 2.05) is 24.3 Å². The van der Waals surface area contributed by atoms with Crippen LogP contribution < -0.4 is 0 Å². The summed E-state index contributed by atoms with van der Waals surface area (Å²) < 4.78 is 0. The number of aryl methyl sites for hydroxylation is 2. The van der Waals surface area contributed by atoms with Crippen LogP contribution in [0.25, 0.3) is 66.1 Å². The molecule has 0 N–H and O–H groups in total. The minimum absolute atomic E-state index is 0. The molecule has 10 rings (SSSR count). The minimum atomic E-state index is 0. The van der Waals surface area contributed by atoms with Crippen molar-refractivity contribution < 1.29 is 0 Å². The van der Waals surface area contributed by atoms with Crippen LogP contribution in [-0.2, 0) is 25.7 Å². The molecule has 0 bridgehead atoms. The molecule has 0 unspecified atom stereocenters. The lowest BCUT2D eigenvalue weighted by molar-refractivity contribution is 0.689. The summed E-state index contributed by atoms with van der Waals surface area (Å²) in [6.45, 7) is 4.33. The van der Waals surface area contributed by atoms with Crippen molar-refractivity contribution in [3.63, 3.8) is 0 Å². The molecule has 0 nitrogen and oxygen atoms in total. The van der Waals surface area contributed by atoms with Crippen molar-refractivity contribution in [2.45, 2.75) is 80.1 Å². The number of rotatable bonds is 4. The number of hydrogen-bond acceptors (Lipinski definition) is 0. The Morgan fingerprint density at radius 2 is 0.534 bits per heavy atom. The van der Waals surface area contributed by atoms with Gasteiger partial charge in [0.2, 0.25) is 0 Å². The fourth-order valence-corrected chi connectivity index (χ4v) is 9.65. The smallest absolute Gasteiger partial charge is 0.0406 e. The van der Waals surface area contributed by atoms with Crippen molar-refractivity contribution in [2.75, 3.05) is 0 Å². The lowest BCUT2D eigenvalue weighted by atomic mass is 9.78. The Balaban J connectivity index is 0.000000171. The van der Waals surface area contributed by atoms with Crippen molar-refractivity contribution >= 4 is 44.7 Å². The Labute approximate surface area is 356 Å². The molecule has 0 amide bonds. The van der Waals surface area contributed by atoms with Gasteiger partial charge in [-0.3, -0.25) is 0 Å². The lowest BCUT2D eigenvalue weighted by Crippen LogP contribution is -2.08. The van der Waals surface area contributed by atoms with Gasteiger partial charge in [-0.1, -0.05) is 171 Å². The summed E-state index contributed by atoms with van der Waals surface area (Å²) in [5, 5.41) is 6.97. The topological polar surface area (TPSA) is 0 Å². The van der Waals surface area contributed by atoms with E-state index in [1.54, 1.807) is 11.1 Å². The first-order valence-electron chi connectivity index (χ1n) is 20.2. The van der Waals surface area contributed by atoms with E-state index >= 15 is 0 Å². The molecule has 58 heavy (non-hydrogen) atoms. The van der Waals surface area contributed by atoms with Crippen molar-refractivity contribution in [3.8, 4) is 44.5 Å². The second-order valence-electron chi connectivity index (χ2n) is 15.7. The van der Waals surface area contributed by atoms with E-state index in [-0.39, 0.29) is 14.9 Å². The van der Waals surface area contributed by atoms with Gasteiger partial charge < -0.3 is 0 Å². The number of hydrogen-bond donors (Lipinski definition) is 0. The van der Waals surface area contributed by atoms with Crippen LogP contribution in [0.5, 0.6) is 0 Å². The van der Waals surface area contributed by atoms with Gasteiger partial charge in [-0.25, -0.2) is 0 Å². The number of halogens is 2. The molecule has 292 valence electrons. The molecule has 8 aromatic rings. The van der Waals surface area contributed by atoms with E-state index in [0.29, 0.717) is 0 Å². The molecular formula is C56H54Cl2. The van der Waals surface area contributed by atoms with E-state index in [4.69, 9.17) is 23.2 Å². The molecule has 2 aliphatic rings. The zero-order valence-electron chi connectivity index (χ0n) is 32.3. The molecular weight excluding hydrogens is 744 g/mol. The summed E-state index contributed by atoms with van der Waals surface area (Å²) in [5.41, 5.74) is 19.7. The standard InChI is InChI=1S/C28H26.C26H20Cl2.2CH4/c1-19-11-15-21(16-12-19)27-23-7-3-5-9-25(23)28(22-17-13-20(2)14-18-22)26-10-6-4-8-24(26)27;27-19-13-9-17(10-14-19)25-21-5-1-2-6-22(21)26(18-11-15-20(28)16-12-18)24-8-4-3-7-23(24)25;;/h3,5,7,9,11-18H,4,6,8,10H2,1-2H3;1-2,5-6,9-16H,3-4,7-8H2;2*1H4. The van der Waals surface area contributed by atoms with Gasteiger partial charge >= 0.3 is 0 Å². The Morgan fingerprint density at radius 3 is 0.776 bits per heavy atom. The summed E-state index contributed by atoms with van der Waals surface area (Å²) in [6, 6.07) is 52.6. The van der Waals surface area contributed by atoms with Crippen LogP contribution in [0.15, 0.2) is 146 Å². The number of fused-ring (bicyclic) bond motifs is 4. The SMILES string of the molecule is C.C.Cc1ccc(-c2c3c(c(-c4ccc(C)cc4)c4ccccc24)CCCC3)cc1.Clc1ccc(-c2c3c(c(-c4ccc(Cl)cc4)c4ccccc24)CCCC3)cc1. The Kier molecular flexibility index (Phi) is 12.6. The molecule has 0 aliphatic heterocycles. The van der Waals surface area contributed by atoms with Gasteiger partial charge in [0.25, 0.3) is 0 Å². The maximum absolute atomic E-state index is 6.17. The summed E-state index contributed by atoms with van der Waals surface area (Å²) in [4.78, 5) is 0. The Morgan fingerprint density at radius 1 is 0.310 bits per heavy atom. The third-order valence-corrected chi connectivity index (χ3v) is 12.5. The molecule has 0 saturated heterocycles. The maximum atomic E-state index is 6.17. The third-order valence-electron chi connectivity index (χ3n) is 12.0. The van der Waals surface area contributed by atoms with Crippen LogP contribution >= 0.6 is 23.2 Å². The zero-order chi connectivity index (χ0) is 38.2. The van der Waals surface area contributed by atoms with Crippen LogP contribution in [0, 0.1) is 13.8 Å². The van der Waals surface area contributed by atoms with Crippen molar-refractivity contribution in [1.29, 1.82) is 0 Å². The fraction of sp³-hybridized carbons (Fsp3) is 0.214. The summed E-state index contributed by atoms with van der Waals surface area (Å²) in [6.07, 6.45) is 9.68. The van der Waals surface area contributed by atoms with E-state index in [0.717, 1.165) is 22.9 Å². The molecule has 8 aromatic carbocycles. The van der Waals surface area contributed by atoms with E-state index in [1.165, 1.54) is 127 Å². The monoisotopic (exact) mass is 796 g/mol. The molecule has 0 saturated carbocycles. The van der Waals surface area contributed by atoms with E-state index in [2.05, 4.69) is 135 Å². The van der Waals surface area contributed by atoms with Gasteiger partial charge in [0, 0.05) is 10.0 Å². The highest BCUT2D eigenvalue weighted by atomic mass is 35.5. The normalized spacial score (nSPS) is 13.0. The first-order valence-corrected chi connectivity index (χ1v) is 21.0. The van der Waals surface area contributed by atoms with Gasteiger partial charge in [-0.05, 0) is 178 Å². The Hall–Kier alpha value is -5.14. The fourth-order valence-electron chi connectivity index (χ4n) is 9.40. The molecule has 2 heteroatoms. The molecule has 0 fully saturated rings. The summed E-state index contributed by atoms with van der Waals surface area (Å²) in [7, 11) is 0. The zero-order valence-corrected chi connectivity index (χ0v) is 33.8. The van der Waals surface area contributed by atoms with Crippen LogP contribution in [0.2, 0.25) is 10.0 Å². The Bertz CT molecular complexity index is 2310. The van der Waals surface area contributed by atoms with Crippen molar-refractivity contribution in [3.05, 3.63) is 189 Å². The van der Waals surface area contributed by atoms with Crippen molar-refractivity contribution in [2.24, 2.45) is 0 Å². The van der Waals surface area contributed by atoms with E-state index in [9.17, 15) is 0 Å². The maximum Gasteiger partial charge on any atom is 0.0406 e. The van der Waals surface area contributed by atoms with Gasteiger partial charge in [0.15, 0.2) is 0 Å². The largest absolute Gasteiger partial charge is 0.0843 e. The molecule has 0 aromatic heterocycles. The van der Waals surface area contributed by atoms with Crippen LogP contribution in [-0.4, -0.2) is 0 Å². The molecule has 2 aliphatic carbocycles. The summed E-state index contributed by atoms with van der Waals surface area (Å²) >= 11 is 12.3. The molecule has 0 spiro atoms. The highest BCUT2D eigenvalue weighted by Crippen LogP contribution is 2.46. The lowest BCUT2D eigenvalue weighted by Gasteiger charge is -2.26. The highest BCUT2D eigenvalue weighted by Gasteiger charge is 2.25. The molecule has 0 heterocycles. The molecule has 0 radical (unpaired) electrons. The average molecular weight is 798 g/mol. The second kappa shape index (κ2) is 17.8. The molecule has 0 atom stereocenters. The average Bonchev–Trinajstić information content (AvgIpc) is 3.24. The third kappa shape index (κ3) is 7.86. The highest BCUT2D eigenvalue weighted by molar-refractivity contribution is 6.31. The summed E-state index contributed by atoms with van der Waals surface area (Å²) in [5.74, 6) is 0. The van der Waals surface area contributed by atoms with Crippen LogP contribution in [0.3, 0.4) is 0 Å². The van der Waals surface area contributed by atoms with Gasteiger partial charge in [0.1, 0.15) is 0 Å². The predicted octanol–water partition coefficient (Wildman–Crippen LogP) is 17.3. The predicted molar refractivity (Wildman–Crippen MR) is 256 cm³/mol. The van der Waals surface area contributed by atoms with E-state index < -0.39 is 0 Å². The van der Waals surface area contributed by atoms with Gasteiger partial charge in [-0.15, -0.1) is 0 Å². The first-order chi connectivity index (χ1) is 27.4. The second-order valence-corrected chi connectivity index (χ2v) is 16.5. The number of benzene rings is 8.